The minimum atomic E-state index is -0.335. The van der Waals surface area contributed by atoms with E-state index < -0.39 is 0 Å². The molecule has 2 amide bonds. The molecular weight excluding hydrogens is 526 g/mol. The maximum atomic E-state index is 12.6. The minimum Gasteiger partial charge on any atom is -0.494 e. The molecule has 0 saturated carbocycles. The van der Waals surface area contributed by atoms with Crippen LogP contribution >= 0.6 is 22.9 Å². The van der Waals surface area contributed by atoms with Gasteiger partial charge in [-0.1, -0.05) is 113 Å². The lowest BCUT2D eigenvalue weighted by atomic mass is 10.1. The molecule has 0 radical (unpaired) electrons. The smallest absolute Gasteiger partial charge is 0.323 e. The summed E-state index contributed by atoms with van der Waals surface area (Å²) in [6, 6.07) is 12.9. The van der Waals surface area contributed by atoms with Gasteiger partial charge in [-0.2, -0.15) is 4.57 Å². The fourth-order valence-corrected chi connectivity index (χ4v) is 5.47. The second-order valence-electron chi connectivity index (χ2n) is 10.2. The van der Waals surface area contributed by atoms with Crippen LogP contribution in [0.1, 0.15) is 94.5 Å². The maximum absolute atomic E-state index is 12.6. The number of rotatable bonds is 18. The van der Waals surface area contributed by atoms with Crippen molar-refractivity contribution in [1.82, 2.24) is 0 Å². The van der Waals surface area contributed by atoms with Crippen molar-refractivity contribution in [3.8, 4) is 5.75 Å². The molecule has 0 fully saturated rings. The summed E-state index contributed by atoms with van der Waals surface area (Å²) in [7, 11) is 0. The number of hydrogen-bond acceptors (Lipinski definition) is 3. The molecule has 212 valence electrons. The van der Waals surface area contributed by atoms with E-state index in [0.29, 0.717) is 17.3 Å². The van der Waals surface area contributed by atoms with Crippen molar-refractivity contribution in [2.45, 2.75) is 97.4 Å². The molecule has 0 saturated heterocycles. The highest BCUT2D eigenvalue weighted by molar-refractivity contribution is 7.09. The third-order valence-electron chi connectivity index (χ3n) is 6.88. The number of benzene rings is 2. The molecule has 2 N–H and O–H groups in total. The third-order valence-corrected chi connectivity index (χ3v) is 8.02. The van der Waals surface area contributed by atoms with Crippen LogP contribution in [0.3, 0.4) is 0 Å². The highest BCUT2D eigenvalue weighted by atomic mass is 35.5. The van der Waals surface area contributed by atoms with E-state index in [4.69, 9.17) is 16.3 Å². The van der Waals surface area contributed by atoms with Crippen molar-refractivity contribution < 1.29 is 14.1 Å². The first-order valence-electron chi connectivity index (χ1n) is 14.6. The van der Waals surface area contributed by atoms with E-state index in [1.165, 1.54) is 75.6 Å². The number of aryl methyl sites for hydroxylation is 1. The van der Waals surface area contributed by atoms with E-state index in [2.05, 4.69) is 46.7 Å². The number of carbonyl (C=O) groups is 1. The van der Waals surface area contributed by atoms with Gasteiger partial charge >= 0.3 is 6.03 Å². The first kappa shape index (κ1) is 31.0. The zero-order chi connectivity index (χ0) is 27.7. The summed E-state index contributed by atoms with van der Waals surface area (Å²) in [5, 5.41) is 9.50. The van der Waals surface area contributed by atoms with E-state index in [9.17, 15) is 4.79 Å². The molecular formula is C32H45ClN3O2S+. The maximum Gasteiger partial charge on any atom is 0.323 e. The van der Waals surface area contributed by atoms with Gasteiger partial charge < -0.3 is 15.4 Å². The van der Waals surface area contributed by atoms with Gasteiger partial charge in [0.25, 0.3) is 0 Å². The van der Waals surface area contributed by atoms with Gasteiger partial charge in [0, 0.05) is 24.2 Å². The number of amides is 2. The van der Waals surface area contributed by atoms with E-state index in [1.54, 1.807) is 23.5 Å². The van der Waals surface area contributed by atoms with Gasteiger partial charge in [-0.05, 0) is 30.7 Å². The number of hydrogen-bond donors (Lipinski definition) is 2. The minimum absolute atomic E-state index is 0.335. The number of unbranched alkanes of at least 4 members (excludes halogenated alkanes) is 11. The van der Waals surface area contributed by atoms with E-state index >= 15 is 0 Å². The predicted molar refractivity (Wildman–Crippen MR) is 165 cm³/mol. The summed E-state index contributed by atoms with van der Waals surface area (Å²) < 4.78 is 8.07. The number of ether oxygens (including phenoxy) is 1. The number of urea groups is 1. The van der Waals surface area contributed by atoms with Crippen LogP contribution in [0.15, 0.2) is 54.0 Å². The fraction of sp³-hybridized carbons (Fsp3) is 0.500. The van der Waals surface area contributed by atoms with Crippen molar-refractivity contribution in [2.24, 2.45) is 0 Å². The topological polar surface area (TPSA) is 54.2 Å². The molecule has 1 heterocycles. The van der Waals surface area contributed by atoms with Gasteiger partial charge in [-0.3, -0.25) is 0 Å². The molecule has 0 aliphatic carbocycles. The van der Waals surface area contributed by atoms with Gasteiger partial charge in [0.15, 0.2) is 12.7 Å². The van der Waals surface area contributed by atoms with Crippen molar-refractivity contribution in [3.63, 3.8) is 0 Å². The lowest BCUT2D eigenvalue weighted by Gasteiger charge is -2.12. The van der Waals surface area contributed by atoms with Gasteiger partial charge in [0.05, 0.1) is 22.7 Å². The number of nitrogens with one attached hydrogen (secondary N) is 2. The van der Waals surface area contributed by atoms with Crippen molar-refractivity contribution in [3.05, 3.63) is 69.6 Å². The quantitative estimate of drug-likeness (QED) is 0.118. The Kier molecular flexibility index (Phi) is 14.2. The van der Waals surface area contributed by atoms with E-state index in [1.807, 2.05) is 24.3 Å². The number of anilines is 2. The van der Waals surface area contributed by atoms with Crippen LogP contribution in [-0.4, -0.2) is 12.6 Å². The molecule has 2 aromatic carbocycles. The molecule has 0 unspecified atom stereocenters. The van der Waals surface area contributed by atoms with Gasteiger partial charge in [-0.15, -0.1) is 0 Å². The Balaban J connectivity index is 1.30. The zero-order valence-corrected chi connectivity index (χ0v) is 25.2. The summed E-state index contributed by atoms with van der Waals surface area (Å²) in [4.78, 5) is 12.6. The summed E-state index contributed by atoms with van der Waals surface area (Å²) in [6.45, 7) is 5.81. The lowest BCUT2D eigenvalue weighted by Crippen LogP contribution is -2.34. The molecule has 0 spiro atoms. The Hall–Kier alpha value is -2.57. The number of thiazole rings is 1. The summed E-state index contributed by atoms with van der Waals surface area (Å²) >= 11 is 8.15. The van der Waals surface area contributed by atoms with Crippen LogP contribution in [0, 0.1) is 6.92 Å². The monoisotopic (exact) mass is 570 g/mol. The third kappa shape index (κ3) is 12.0. The Labute approximate surface area is 243 Å². The molecule has 3 aromatic rings. The Bertz CT molecular complexity index is 1130. The molecule has 3 rings (SSSR count). The molecule has 0 aliphatic rings. The average Bonchev–Trinajstić information content (AvgIpc) is 3.32. The lowest BCUT2D eigenvalue weighted by molar-refractivity contribution is -0.689. The van der Waals surface area contributed by atoms with Crippen molar-refractivity contribution in [2.75, 3.05) is 17.2 Å². The molecule has 0 atom stereocenters. The average molecular weight is 571 g/mol. The molecule has 5 nitrogen and oxygen atoms in total. The summed E-state index contributed by atoms with van der Waals surface area (Å²) in [5.41, 5.74) is 2.40. The van der Waals surface area contributed by atoms with Crippen LogP contribution in [0.25, 0.3) is 0 Å². The van der Waals surface area contributed by atoms with Gasteiger partial charge in [0.1, 0.15) is 5.75 Å². The van der Waals surface area contributed by atoms with Crippen LogP contribution in [0.4, 0.5) is 16.2 Å². The molecule has 39 heavy (non-hydrogen) atoms. The molecule has 0 aliphatic heterocycles. The van der Waals surface area contributed by atoms with Crippen molar-refractivity contribution >= 4 is 40.3 Å². The Morgan fingerprint density at radius 2 is 1.59 bits per heavy atom. The number of aromatic nitrogens is 1. The van der Waals surface area contributed by atoms with Crippen molar-refractivity contribution in [1.29, 1.82) is 0 Å². The highest BCUT2D eigenvalue weighted by Crippen LogP contribution is 2.27. The van der Waals surface area contributed by atoms with Gasteiger partial charge in [-0.25, -0.2) is 4.79 Å². The van der Waals surface area contributed by atoms with Crippen LogP contribution in [0.2, 0.25) is 5.02 Å². The number of carbonyl (C=O) groups excluding carboxylic acids is 1. The molecule has 1 aromatic heterocycles. The SMILES string of the molecule is CCCCCCCCCCCCCCOc1ccc(NC(=O)Nc2cccc(C[n+]3ccsc3C)c2)c(Cl)c1. The normalized spacial score (nSPS) is 10.9. The Morgan fingerprint density at radius 3 is 2.23 bits per heavy atom. The zero-order valence-electron chi connectivity index (χ0n) is 23.6. The molecule has 0 bridgehead atoms. The number of halogens is 1. The van der Waals surface area contributed by atoms with Crippen LogP contribution in [-0.2, 0) is 6.54 Å². The van der Waals surface area contributed by atoms with Gasteiger partial charge in [0.2, 0.25) is 5.01 Å². The van der Waals surface area contributed by atoms with E-state index in [-0.39, 0.29) is 6.03 Å². The highest BCUT2D eigenvalue weighted by Gasteiger charge is 2.11. The van der Waals surface area contributed by atoms with Crippen LogP contribution < -0.4 is 19.9 Å². The summed E-state index contributed by atoms with van der Waals surface area (Å²) in [6.07, 6.45) is 17.9. The number of nitrogens with zero attached hydrogens (tertiary/aromatic N) is 1. The second-order valence-corrected chi connectivity index (χ2v) is 11.7. The Morgan fingerprint density at radius 1 is 0.897 bits per heavy atom. The standard InChI is InChI=1S/C32H44ClN3O2S/c1-3-4-5-6-7-8-9-10-11-12-13-14-21-38-29-18-19-31(30(33)24-29)35-32(37)34-28-17-15-16-27(23-28)25-36-20-22-39-26(36)2/h15-20,22-24H,3-14,21,25H2,1-2H3,(H-,34,35,37)/p+1. The second kappa shape index (κ2) is 17.9. The van der Waals surface area contributed by atoms with Crippen LogP contribution in [0.5, 0.6) is 5.75 Å². The first-order chi connectivity index (χ1) is 19.0. The fourth-order valence-electron chi connectivity index (χ4n) is 4.59. The summed E-state index contributed by atoms with van der Waals surface area (Å²) in [5.74, 6) is 0.725. The molecule has 7 heteroatoms. The van der Waals surface area contributed by atoms with E-state index in [0.717, 1.165) is 30.0 Å². The first-order valence-corrected chi connectivity index (χ1v) is 15.8. The largest absolute Gasteiger partial charge is 0.494 e. The predicted octanol–water partition coefficient (Wildman–Crippen LogP) is 9.77.